The lowest BCUT2D eigenvalue weighted by Gasteiger charge is -2.33. The van der Waals surface area contributed by atoms with E-state index in [1.807, 2.05) is 40.7 Å². The summed E-state index contributed by atoms with van der Waals surface area (Å²) in [6.45, 7) is 13.6. The number of aryl methyl sites for hydroxylation is 1. The first-order chi connectivity index (χ1) is 15.9. The van der Waals surface area contributed by atoms with E-state index in [9.17, 15) is 10.1 Å². The van der Waals surface area contributed by atoms with Crippen LogP contribution in [0.2, 0.25) is 0 Å². The zero-order valence-corrected chi connectivity index (χ0v) is 21.5. The monoisotopic (exact) mass is 481 g/mol. The lowest BCUT2D eigenvalue weighted by atomic mass is 9.91. The molecule has 2 heterocycles. The normalized spacial score (nSPS) is 13.4. The number of aromatic nitrogens is 3. The third kappa shape index (κ3) is 6.41. The number of benzene rings is 1. The zero-order valence-electron chi connectivity index (χ0n) is 20.7. The van der Waals surface area contributed by atoms with Crippen LogP contribution in [0.5, 0.6) is 5.75 Å². The molecular weight excluding hydrogens is 450 g/mol. The molecule has 0 aliphatic rings. The summed E-state index contributed by atoms with van der Waals surface area (Å²) in [6, 6.07) is 7.56. The SMILES string of the molecule is Cc1nc2c(-c3ccc(OCC(C)(CC(C)C)NC(=O)OC(C)(C)C)c(C#N)c3)ncnc2s1. The molecule has 8 nitrogen and oxygen atoms in total. The van der Waals surface area contributed by atoms with E-state index in [4.69, 9.17) is 9.47 Å². The van der Waals surface area contributed by atoms with E-state index < -0.39 is 17.2 Å². The first-order valence-electron chi connectivity index (χ1n) is 11.2. The highest BCUT2D eigenvalue weighted by Crippen LogP contribution is 2.31. The maximum atomic E-state index is 12.4. The van der Waals surface area contributed by atoms with Gasteiger partial charge >= 0.3 is 6.09 Å². The zero-order chi connectivity index (χ0) is 25.1. The molecule has 0 fully saturated rings. The summed E-state index contributed by atoms with van der Waals surface area (Å²) in [4.78, 5) is 26.5. The van der Waals surface area contributed by atoms with Gasteiger partial charge in [-0.2, -0.15) is 5.26 Å². The summed E-state index contributed by atoms with van der Waals surface area (Å²) in [6.07, 6.45) is 1.68. The molecule has 180 valence electrons. The number of nitrogens with zero attached hydrogens (tertiary/aromatic N) is 4. The van der Waals surface area contributed by atoms with Crippen molar-refractivity contribution in [3.8, 4) is 23.1 Å². The Morgan fingerprint density at radius 1 is 1.24 bits per heavy atom. The van der Waals surface area contributed by atoms with Gasteiger partial charge in [0, 0.05) is 5.56 Å². The molecule has 0 saturated heterocycles. The molecule has 2 aromatic heterocycles. The van der Waals surface area contributed by atoms with Crippen molar-refractivity contribution in [1.29, 1.82) is 5.26 Å². The Hall–Kier alpha value is -3.25. The van der Waals surface area contributed by atoms with Gasteiger partial charge in [0.15, 0.2) is 0 Å². The minimum absolute atomic E-state index is 0.182. The summed E-state index contributed by atoms with van der Waals surface area (Å²) in [5.74, 6) is 0.745. The molecule has 0 spiro atoms. The number of carbonyl (C=O) groups is 1. The highest BCUT2D eigenvalue weighted by Gasteiger charge is 2.31. The number of carbonyl (C=O) groups excluding carboxylic acids is 1. The Labute approximate surface area is 204 Å². The number of ether oxygens (including phenoxy) is 2. The fraction of sp³-hybridized carbons (Fsp3) is 0.480. The van der Waals surface area contributed by atoms with Crippen LogP contribution in [0, 0.1) is 24.2 Å². The summed E-state index contributed by atoms with van der Waals surface area (Å²) in [5.41, 5.74) is 1.25. The van der Waals surface area contributed by atoms with E-state index in [1.54, 1.807) is 12.1 Å². The number of nitriles is 1. The van der Waals surface area contributed by atoms with Gasteiger partial charge in [-0.3, -0.25) is 0 Å². The topological polar surface area (TPSA) is 110 Å². The Morgan fingerprint density at radius 2 is 1.97 bits per heavy atom. The molecule has 3 rings (SSSR count). The lowest BCUT2D eigenvalue weighted by molar-refractivity contribution is 0.0408. The summed E-state index contributed by atoms with van der Waals surface area (Å²) >= 11 is 1.50. The van der Waals surface area contributed by atoms with Crippen LogP contribution in [-0.2, 0) is 4.74 Å². The molecule has 9 heteroatoms. The first-order valence-corrected chi connectivity index (χ1v) is 12.0. The van der Waals surface area contributed by atoms with Crippen molar-refractivity contribution in [2.24, 2.45) is 5.92 Å². The summed E-state index contributed by atoms with van der Waals surface area (Å²) in [5, 5.41) is 13.6. The maximum absolute atomic E-state index is 12.4. The van der Waals surface area contributed by atoms with Crippen LogP contribution in [0.4, 0.5) is 4.79 Å². The second-order valence-electron chi connectivity index (χ2n) is 10.0. The third-order valence-electron chi connectivity index (χ3n) is 4.88. The third-order valence-corrected chi connectivity index (χ3v) is 5.76. The number of hydrogen-bond acceptors (Lipinski definition) is 8. The van der Waals surface area contributed by atoms with Crippen LogP contribution >= 0.6 is 11.3 Å². The van der Waals surface area contributed by atoms with E-state index >= 15 is 0 Å². The maximum Gasteiger partial charge on any atom is 0.408 e. The second kappa shape index (κ2) is 9.94. The molecule has 0 radical (unpaired) electrons. The molecule has 1 aromatic carbocycles. The Kier molecular flexibility index (Phi) is 7.41. The van der Waals surface area contributed by atoms with E-state index in [-0.39, 0.29) is 6.61 Å². The number of hydrogen-bond donors (Lipinski definition) is 1. The minimum atomic E-state index is -0.682. The lowest BCUT2D eigenvalue weighted by Crippen LogP contribution is -2.52. The van der Waals surface area contributed by atoms with Crippen molar-refractivity contribution in [3.63, 3.8) is 0 Å². The molecule has 0 saturated carbocycles. The average Bonchev–Trinajstić information content (AvgIpc) is 3.10. The molecule has 0 aliphatic heterocycles. The van der Waals surface area contributed by atoms with E-state index in [1.165, 1.54) is 17.7 Å². The van der Waals surface area contributed by atoms with Crippen molar-refractivity contribution in [2.45, 2.75) is 66.0 Å². The predicted molar refractivity (Wildman–Crippen MR) is 133 cm³/mol. The van der Waals surface area contributed by atoms with Gasteiger partial charge in [0.05, 0.1) is 16.1 Å². The second-order valence-corrected chi connectivity index (χ2v) is 11.2. The summed E-state index contributed by atoms with van der Waals surface area (Å²) in [7, 11) is 0. The van der Waals surface area contributed by atoms with Crippen LogP contribution in [0.3, 0.4) is 0 Å². The quantitative estimate of drug-likeness (QED) is 0.465. The smallest absolute Gasteiger partial charge is 0.408 e. The molecule has 0 aliphatic carbocycles. The van der Waals surface area contributed by atoms with Crippen molar-refractivity contribution >= 4 is 27.8 Å². The van der Waals surface area contributed by atoms with Crippen LogP contribution in [-0.4, -0.2) is 38.8 Å². The summed E-state index contributed by atoms with van der Waals surface area (Å²) < 4.78 is 11.5. The molecule has 1 unspecified atom stereocenters. The minimum Gasteiger partial charge on any atom is -0.490 e. The number of alkyl carbamates (subject to hydrolysis) is 1. The largest absolute Gasteiger partial charge is 0.490 e. The van der Waals surface area contributed by atoms with Gasteiger partial charge < -0.3 is 14.8 Å². The molecular formula is C25H31N5O3S. The Morgan fingerprint density at radius 3 is 2.62 bits per heavy atom. The standard InChI is InChI=1S/C25H31N5O3S/c1-15(2)11-25(7,30-23(31)33-24(4,5)6)13-32-19-9-8-17(10-18(19)12-26)20-21-22(28-14-27-20)34-16(3)29-21/h8-10,14-15H,11,13H2,1-7H3,(H,30,31). The Bertz CT molecular complexity index is 1230. The van der Waals surface area contributed by atoms with Crippen LogP contribution in [0.1, 0.15) is 58.5 Å². The molecule has 34 heavy (non-hydrogen) atoms. The molecule has 1 amide bonds. The van der Waals surface area contributed by atoms with Crippen molar-refractivity contribution < 1.29 is 14.3 Å². The fourth-order valence-electron chi connectivity index (χ4n) is 3.79. The van der Waals surface area contributed by atoms with Gasteiger partial charge in [-0.15, -0.1) is 0 Å². The van der Waals surface area contributed by atoms with Crippen LogP contribution in [0.25, 0.3) is 21.6 Å². The van der Waals surface area contributed by atoms with Gasteiger partial charge in [0.25, 0.3) is 0 Å². The van der Waals surface area contributed by atoms with Gasteiger partial charge in [-0.05, 0) is 65.2 Å². The Balaban J connectivity index is 1.83. The van der Waals surface area contributed by atoms with E-state index in [0.717, 1.165) is 15.4 Å². The van der Waals surface area contributed by atoms with E-state index in [0.29, 0.717) is 34.9 Å². The van der Waals surface area contributed by atoms with Crippen molar-refractivity contribution in [1.82, 2.24) is 20.3 Å². The van der Waals surface area contributed by atoms with Gasteiger partial charge in [0.1, 0.15) is 46.4 Å². The average molecular weight is 482 g/mol. The number of amides is 1. The first kappa shape index (κ1) is 25.4. The van der Waals surface area contributed by atoms with Gasteiger partial charge in [-0.25, -0.2) is 19.7 Å². The molecule has 3 aromatic rings. The number of rotatable bonds is 7. The van der Waals surface area contributed by atoms with E-state index in [2.05, 4.69) is 40.2 Å². The number of nitrogens with one attached hydrogen (secondary N) is 1. The highest BCUT2D eigenvalue weighted by molar-refractivity contribution is 7.18. The number of thiazole rings is 1. The fourth-order valence-corrected chi connectivity index (χ4v) is 4.55. The number of fused-ring (bicyclic) bond motifs is 1. The van der Waals surface area contributed by atoms with Gasteiger partial charge in [-0.1, -0.05) is 25.2 Å². The van der Waals surface area contributed by atoms with Crippen LogP contribution < -0.4 is 10.1 Å². The van der Waals surface area contributed by atoms with Gasteiger partial charge in [0.2, 0.25) is 0 Å². The molecule has 0 bridgehead atoms. The van der Waals surface area contributed by atoms with Crippen molar-refractivity contribution in [2.75, 3.05) is 6.61 Å². The molecule has 1 atom stereocenters. The van der Waals surface area contributed by atoms with Crippen LogP contribution in [0.15, 0.2) is 24.5 Å². The molecule has 1 N–H and O–H groups in total. The highest BCUT2D eigenvalue weighted by atomic mass is 32.1. The van der Waals surface area contributed by atoms with Crippen molar-refractivity contribution in [3.05, 3.63) is 35.1 Å². The predicted octanol–water partition coefficient (Wildman–Crippen LogP) is 5.64.